The number of aromatic nitrogens is 4. The van der Waals surface area contributed by atoms with Crippen LogP contribution in [0.2, 0.25) is 0 Å². The second-order valence-electron chi connectivity index (χ2n) is 10.1. The molecule has 1 aliphatic heterocycles. The zero-order valence-corrected chi connectivity index (χ0v) is 22.9. The van der Waals surface area contributed by atoms with Crippen LogP contribution in [-0.4, -0.2) is 65.2 Å². The first kappa shape index (κ1) is 28.2. The number of likely N-dealkylation sites (tertiary alicyclic amines) is 1. The van der Waals surface area contributed by atoms with Crippen LogP contribution in [0, 0.1) is 5.92 Å². The van der Waals surface area contributed by atoms with Crippen molar-refractivity contribution in [2.45, 2.75) is 38.1 Å². The summed E-state index contributed by atoms with van der Waals surface area (Å²) >= 11 is 0. The summed E-state index contributed by atoms with van der Waals surface area (Å²) < 4.78 is 8.08. The van der Waals surface area contributed by atoms with Gasteiger partial charge in [-0.25, -0.2) is 14.6 Å². The summed E-state index contributed by atoms with van der Waals surface area (Å²) in [4.78, 5) is 19.4. The van der Waals surface area contributed by atoms with Gasteiger partial charge in [-0.05, 0) is 108 Å². The molecule has 1 saturated heterocycles. The van der Waals surface area contributed by atoms with Crippen molar-refractivity contribution in [1.29, 1.82) is 0 Å². The zero-order chi connectivity index (χ0) is 27.6. The van der Waals surface area contributed by atoms with Gasteiger partial charge in [0.25, 0.3) is 0 Å². The number of nitrogens with two attached hydrogens (primary N) is 1. The molecule has 9 nitrogen and oxygen atoms in total. The number of carbonyl (C=O) groups excluding carboxylic acids is 1. The number of nitrogen functional groups attached to an aromatic ring is 1. The number of hydrogen-bond donors (Lipinski definition) is 2. The first-order valence-corrected chi connectivity index (χ1v) is 13.6. The van der Waals surface area contributed by atoms with E-state index in [-0.39, 0.29) is 6.04 Å². The highest BCUT2D eigenvalue weighted by atomic mass is 16.5. The van der Waals surface area contributed by atoms with Crippen molar-refractivity contribution < 1.29 is 9.53 Å². The van der Waals surface area contributed by atoms with E-state index in [0.717, 1.165) is 59.1 Å². The van der Waals surface area contributed by atoms with Crippen LogP contribution in [0.15, 0.2) is 60.9 Å². The SMILES string of the molecule is C=O.CNCCC(CCC1CCN(C)CC1)n1nc(-c2ccc(Oc3ccccc3)cc2)c2c(N)ncnc21. The fraction of sp³-hybridized carbons (Fsp3) is 0.400. The van der Waals surface area contributed by atoms with Crippen molar-refractivity contribution in [3.05, 3.63) is 60.9 Å². The van der Waals surface area contributed by atoms with Gasteiger partial charge in [0.15, 0.2) is 5.65 Å². The number of benzene rings is 2. The molecule has 1 aliphatic rings. The number of carbonyl (C=O) groups is 1. The van der Waals surface area contributed by atoms with Gasteiger partial charge in [-0.1, -0.05) is 18.2 Å². The van der Waals surface area contributed by atoms with Gasteiger partial charge in [0, 0.05) is 5.56 Å². The van der Waals surface area contributed by atoms with Gasteiger partial charge in [0.1, 0.15) is 36.1 Å². The first-order valence-electron chi connectivity index (χ1n) is 13.6. The highest BCUT2D eigenvalue weighted by Crippen LogP contribution is 2.35. The summed E-state index contributed by atoms with van der Waals surface area (Å²) in [6.07, 6.45) is 7.33. The molecule has 5 rings (SSSR count). The van der Waals surface area contributed by atoms with Crippen molar-refractivity contribution in [3.8, 4) is 22.8 Å². The molecule has 1 atom stereocenters. The predicted molar refractivity (Wildman–Crippen MR) is 156 cm³/mol. The molecule has 2 aromatic carbocycles. The molecular weight excluding hydrogens is 490 g/mol. The summed E-state index contributed by atoms with van der Waals surface area (Å²) in [5, 5.41) is 9.25. The second kappa shape index (κ2) is 13.8. The van der Waals surface area contributed by atoms with Crippen molar-refractivity contribution in [2.24, 2.45) is 5.92 Å². The Kier molecular flexibility index (Phi) is 9.99. The normalized spacial score (nSPS) is 15.0. The fourth-order valence-corrected chi connectivity index (χ4v) is 5.24. The Hall–Kier alpha value is -3.82. The van der Waals surface area contributed by atoms with E-state index < -0.39 is 0 Å². The van der Waals surface area contributed by atoms with Crippen molar-refractivity contribution in [3.63, 3.8) is 0 Å². The molecule has 3 heterocycles. The van der Waals surface area contributed by atoms with Crippen LogP contribution in [0.25, 0.3) is 22.3 Å². The molecule has 0 aliphatic carbocycles. The van der Waals surface area contributed by atoms with Gasteiger partial charge in [-0.2, -0.15) is 5.10 Å². The molecule has 2 aromatic heterocycles. The van der Waals surface area contributed by atoms with E-state index in [9.17, 15) is 0 Å². The minimum absolute atomic E-state index is 0.235. The Bertz CT molecular complexity index is 1300. The number of nitrogens with zero attached hydrogens (tertiary/aromatic N) is 5. The number of ether oxygens (including phenoxy) is 1. The standard InChI is InChI=1S/C29H37N7O.CH2O/c1-31-17-14-23(11-8-21-15-18-35(2)19-16-21)36-29-26(28(30)32-20-33-29)27(34-36)22-9-12-25(13-10-22)37-24-6-4-3-5-7-24;1-2/h3-7,9-10,12-13,20-21,23,31H,8,11,14-19H2,1-2H3,(H2,30,32,33);1H2. The molecule has 0 saturated carbocycles. The molecule has 4 aromatic rings. The van der Waals surface area contributed by atoms with E-state index in [1.54, 1.807) is 6.33 Å². The molecule has 0 spiro atoms. The lowest BCUT2D eigenvalue weighted by molar-refractivity contribution is -0.0980. The summed E-state index contributed by atoms with van der Waals surface area (Å²) in [5.74, 6) is 2.80. The van der Waals surface area contributed by atoms with E-state index in [1.165, 1.54) is 32.4 Å². The van der Waals surface area contributed by atoms with Crippen LogP contribution in [-0.2, 0) is 4.79 Å². The lowest BCUT2D eigenvalue weighted by Crippen LogP contribution is -2.30. The molecule has 0 radical (unpaired) electrons. The number of piperidine rings is 1. The van der Waals surface area contributed by atoms with Crippen LogP contribution in [0.4, 0.5) is 5.82 Å². The number of nitrogens with one attached hydrogen (secondary N) is 1. The largest absolute Gasteiger partial charge is 0.457 e. The topological polar surface area (TPSA) is 111 Å². The van der Waals surface area contributed by atoms with Gasteiger partial charge >= 0.3 is 0 Å². The third kappa shape index (κ3) is 6.99. The Balaban J connectivity index is 0.00000172. The average Bonchev–Trinajstić information content (AvgIpc) is 3.37. The predicted octanol–water partition coefficient (Wildman–Crippen LogP) is 4.96. The Morgan fingerprint density at radius 1 is 1.03 bits per heavy atom. The molecule has 0 bridgehead atoms. The van der Waals surface area contributed by atoms with Gasteiger partial charge < -0.3 is 25.5 Å². The van der Waals surface area contributed by atoms with Crippen LogP contribution in [0.1, 0.15) is 38.1 Å². The van der Waals surface area contributed by atoms with E-state index in [0.29, 0.717) is 5.82 Å². The number of anilines is 1. The molecule has 1 unspecified atom stereocenters. The Morgan fingerprint density at radius 3 is 2.41 bits per heavy atom. The number of rotatable bonds is 10. The van der Waals surface area contributed by atoms with Crippen molar-refractivity contribution >= 4 is 23.6 Å². The monoisotopic (exact) mass is 529 g/mol. The van der Waals surface area contributed by atoms with E-state index in [2.05, 4.69) is 31.9 Å². The van der Waals surface area contributed by atoms with Crippen molar-refractivity contribution in [2.75, 3.05) is 39.5 Å². The van der Waals surface area contributed by atoms with Gasteiger partial charge in [0.05, 0.1) is 11.4 Å². The number of para-hydroxylation sites is 1. The molecular formula is C30H39N7O2. The second-order valence-corrected chi connectivity index (χ2v) is 10.1. The fourth-order valence-electron chi connectivity index (χ4n) is 5.24. The van der Waals surface area contributed by atoms with Crippen molar-refractivity contribution in [1.82, 2.24) is 30.0 Å². The highest BCUT2D eigenvalue weighted by Gasteiger charge is 2.24. The van der Waals surface area contributed by atoms with Crippen LogP contribution in [0.5, 0.6) is 11.5 Å². The van der Waals surface area contributed by atoms with Crippen LogP contribution in [0.3, 0.4) is 0 Å². The minimum Gasteiger partial charge on any atom is -0.457 e. The van der Waals surface area contributed by atoms with Gasteiger partial charge in [0.2, 0.25) is 0 Å². The maximum atomic E-state index is 8.00. The molecule has 9 heteroatoms. The maximum absolute atomic E-state index is 8.00. The maximum Gasteiger partial charge on any atom is 0.164 e. The third-order valence-corrected chi connectivity index (χ3v) is 7.44. The van der Waals surface area contributed by atoms with Crippen LogP contribution >= 0.6 is 0 Å². The van der Waals surface area contributed by atoms with E-state index in [4.69, 9.17) is 20.4 Å². The Morgan fingerprint density at radius 2 is 1.72 bits per heavy atom. The number of fused-ring (bicyclic) bond motifs is 1. The smallest absolute Gasteiger partial charge is 0.164 e. The first-order chi connectivity index (χ1) is 19.1. The summed E-state index contributed by atoms with van der Waals surface area (Å²) in [5.41, 5.74) is 8.98. The molecule has 1 fully saturated rings. The van der Waals surface area contributed by atoms with Crippen LogP contribution < -0.4 is 15.8 Å². The molecule has 39 heavy (non-hydrogen) atoms. The highest BCUT2D eigenvalue weighted by molar-refractivity contribution is 5.98. The lowest BCUT2D eigenvalue weighted by atomic mass is 9.90. The van der Waals surface area contributed by atoms with E-state index in [1.807, 2.05) is 68.4 Å². The summed E-state index contributed by atoms with van der Waals surface area (Å²) in [6.45, 7) is 5.30. The minimum atomic E-state index is 0.235. The summed E-state index contributed by atoms with van der Waals surface area (Å²) in [7, 11) is 4.22. The molecule has 3 N–H and O–H groups in total. The quantitative estimate of drug-likeness (QED) is 0.297. The summed E-state index contributed by atoms with van der Waals surface area (Å²) in [6, 6.07) is 18.0. The zero-order valence-electron chi connectivity index (χ0n) is 22.9. The van der Waals surface area contributed by atoms with Gasteiger partial charge in [-0.15, -0.1) is 0 Å². The van der Waals surface area contributed by atoms with Gasteiger partial charge in [-0.3, -0.25) is 0 Å². The average molecular weight is 530 g/mol. The molecule has 0 amide bonds. The molecule has 206 valence electrons. The lowest BCUT2D eigenvalue weighted by Gasteiger charge is -2.30. The Labute approximate surface area is 230 Å². The van der Waals surface area contributed by atoms with E-state index >= 15 is 0 Å². The number of hydrogen-bond acceptors (Lipinski definition) is 8. The third-order valence-electron chi connectivity index (χ3n) is 7.44.